The van der Waals surface area contributed by atoms with Gasteiger partial charge in [0.15, 0.2) is 5.78 Å². The molecule has 0 amide bonds. The number of ether oxygens (including phenoxy) is 1. The van der Waals surface area contributed by atoms with Crippen LogP contribution >= 0.6 is 0 Å². The second kappa shape index (κ2) is 7.36. The first-order chi connectivity index (χ1) is 14.8. The van der Waals surface area contributed by atoms with E-state index in [0.29, 0.717) is 0 Å². The first-order valence-electron chi connectivity index (χ1n) is 9.72. The van der Waals surface area contributed by atoms with Gasteiger partial charge in [-0.1, -0.05) is 12.1 Å². The molecule has 0 heterocycles. The Bertz CT molecular complexity index is 1160. The molecule has 162 valence electrons. The highest BCUT2D eigenvalue weighted by molar-refractivity contribution is 6.31. The van der Waals surface area contributed by atoms with Crippen LogP contribution in [0.2, 0.25) is 0 Å². The van der Waals surface area contributed by atoms with Gasteiger partial charge in [-0.05, 0) is 18.9 Å². The van der Waals surface area contributed by atoms with Crippen molar-refractivity contribution in [3.63, 3.8) is 0 Å². The van der Waals surface area contributed by atoms with Crippen molar-refractivity contribution in [3.8, 4) is 17.2 Å². The first-order valence-corrected chi connectivity index (χ1v) is 9.72. The number of nitrogens with zero attached hydrogens (tertiary/aromatic N) is 1. The average molecular weight is 426 g/mol. The van der Waals surface area contributed by atoms with Gasteiger partial charge in [0.1, 0.15) is 22.8 Å². The maximum absolute atomic E-state index is 13.2. The number of ketones is 2. The van der Waals surface area contributed by atoms with Gasteiger partial charge in [0, 0.05) is 30.2 Å². The topological polar surface area (TPSA) is 149 Å². The first kappa shape index (κ1) is 20.8. The van der Waals surface area contributed by atoms with Crippen molar-refractivity contribution < 1.29 is 34.8 Å². The Morgan fingerprint density at radius 1 is 1.13 bits per heavy atom. The zero-order valence-electron chi connectivity index (χ0n) is 17.0. The van der Waals surface area contributed by atoms with Crippen LogP contribution in [0.25, 0.3) is 0 Å². The van der Waals surface area contributed by atoms with Crippen LogP contribution in [0.3, 0.4) is 0 Å². The van der Waals surface area contributed by atoms with Crippen molar-refractivity contribution in [2.75, 3.05) is 20.8 Å². The minimum Gasteiger partial charge on any atom is -0.507 e. The summed E-state index contributed by atoms with van der Waals surface area (Å²) in [4.78, 5) is 26.5. The monoisotopic (exact) mass is 426 g/mol. The second-order valence-corrected chi connectivity index (χ2v) is 7.59. The Morgan fingerprint density at radius 2 is 1.81 bits per heavy atom. The molecule has 1 atom stereocenters. The van der Waals surface area contributed by atoms with Gasteiger partial charge < -0.3 is 30.6 Å². The van der Waals surface area contributed by atoms with Crippen LogP contribution < -0.4 is 10.2 Å². The smallest absolute Gasteiger partial charge is 0.202 e. The summed E-state index contributed by atoms with van der Waals surface area (Å²) in [5, 5.41) is 46.6. The lowest BCUT2D eigenvalue weighted by molar-refractivity contribution is 0.0874. The quantitative estimate of drug-likeness (QED) is 0.232. The fourth-order valence-electron chi connectivity index (χ4n) is 4.49. The van der Waals surface area contributed by atoms with Crippen LogP contribution in [0.4, 0.5) is 0 Å². The lowest BCUT2D eigenvalue weighted by Gasteiger charge is -2.36. The molecule has 2 aromatic rings. The molecule has 0 saturated heterocycles. The van der Waals surface area contributed by atoms with E-state index in [1.165, 1.54) is 20.2 Å². The Kier molecular flexibility index (Phi) is 4.95. The van der Waals surface area contributed by atoms with E-state index in [1.807, 2.05) is 0 Å². The standard InChI is InChI=1S/C22H22N2O7/c1-23-24-14(9-25)22(30)7-6-10-12(8-22)20(28)16-17(18(10)26)21(29)15-11(19(16)27)4-3-5-13(15)31-2/h3-5,23,25-26,28,30H,6-9H2,1-2H3/b24-14+/t22-/m1/s1. The molecule has 0 fully saturated rings. The molecule has 9 heteroatoms. The van der Waals surface area contributed by atoms with E-state index in [-0.39, 0.29) is 64.1 Å². The maximum Gasteiger partial charge on any atom is 0.202 e. The van der Waals surface area contributed by atoms with E-state index in [9.17, 15) is 30.0 Å². The Balaban J connectivity index is 1.93. The molecule has 31 heavy (non-hydrogen) atoms. The fourth-order valence-corrected chi connectivity index (χ4v) is 4.49. The molecule has 0 bridgehead atoms. The highest BCUT2D eigenvalue weighted by Crippen LogP contribution is 2.48. The molecule has 9 nitrogen and oxygen atoms in total. The number of methoxy groups -OCH3 is 1. The lowest BCUT2D eigenvalue weighted by atomic mass is 9.73. The molecule has 0 spiro atoms. The van der Waals surface area contributed by atoms with Crippen molar-refractivity contribution in [1.29, 1.82) is 0 Å². The van der Waals surface area contributed by atoms with Crippen LogP contribution in [-0.2, 0) is 12.8 Å². The van der Waals surface area contributed by atoms with Gasteiger partial charge in [-0.15, -0.1) is 0 Å². The predicted octanol–water partition coefficient (Wildman–Crippen LogP) is 0.669. The van der Waals surface area contributed by atoms with Gasteiger partial charge in [-0.3, -0.25) is 9.59 Å². The van der Waals surface area contributed by atoms with Crippen molar-refractivity contribution in [2.45, 2.75) is 24.9 Å². The third-order valence-corrected chi connectivity index (χ3v) is 6.02. The van der Waals surface area contributed by atoms with Gasteiger partial charge in [-0.2, -0.15) is 5.10 Å². The second-order valence-electron chi connectivity index (χ2n) is 7.59. The summed E-state index contributed by atoms with van der Waals surface area (Å²) in [6, 6.07) is 4.56. The molecular weight excluding hydrogens is 404 g/mol. The average Bonchev–Trinajstić information content (AvgIpc) is 2.77. The molecule has 0 aromatic heterocycles. The van der Waals surface area contributed by atoms with Crippen molar-refractivity contribution >= 4 is 17.3 Å². The number of phenols is 2. The van der Waals surface area contributed by atoms with Crippen LogP contribution in [0.15, 0.2) is 23.3 Å². The number of benzene rings is 2. The summed E-state index contributed by atoms with van der Waals surface area (Å²) in [5.74, 6) is -1.90. The van der Waals surface area contributed by atoms with E-state index >= 15 is 0 Å². The zero-order chi connectivity index (χ0) is 22.5. The highest BCUT2D eigenvalue weighted by Gasteiger charge is 2.44. The Labute approximate surface area is 177 Å². The predicted molar refractivity (Wildman–Crippen MR) is 110 cm³/mol. The molecule has 0 radical (unpaired) electrons. The number of aromatic hydroxyl groups is 2. The maximum atomic E-state index is 13.2. The third-order valence-electron chi connectivity index (χ3n) is 6.02. The summed E-state index contributed by atoms with van der Waals surface area (Å²) in [6.45, 7) is -0.519. The van der Waals surface area contributed by atoms with E-state index in [1.54, 1.807) is 12.1 Å². The van der Waals surface area contributed by atoms with Gasteiger partial charge in [0.25, 0.3) is 0 Å². The number of rotatable bonds is 4. The molecule has 4 rings (SSSR count). The van der Waals surface area contributed by atoms with E-state index in [2.05, 4.69) is 10.5 Å². The zero-order valence-corrected chi connectivity index (χ0v) is 17.0. The number of carbonyl (C=O) groups excluding carboxylic acids is 2. The van der Waals surface area contributed by atoms with Gasteiger partial charge >= 0.3 is 0 Å². The summed E-state index contributed by atoms with van der Waals surface area (Å²) >= 11 is 0. The van der Waals surface area contributed by atoms with Crippen LogP contribution in [0.5, 0.6) is 17.2 Å². The molecular formula is C22H22N2O7. The number of aliphatic hydroxyl groups is 2. The number of hydrogen-bond acceptors (Lipinski definition) is 9. The minimum atomic E-state index is -1.59. The lowest BCUT2D eigenvalue weighted by Crippen LogP contribution is -2.46. The van der Waals surface area contributed by atoms with Gasteiger partial charge in [-0.25, -0.2) is 0 Å². The largest absolute Gasteiger partial charge is 0.507 e. The number of hydrogen-bond donors (Lipinski definition) is 5. The fraction of sp³-hybridized carbons (Fsp3) is 0.318. The summed E-state index contributed by atoms with van der Waals surface area (Å²) < 4.78 is 5.23. The molecule has 0 aliphatic heterocycles. The van der Waals surface area contributed by atoms with Gasteiger partial charge in [0.05, 0.1) is 36.1 Å². The number of carbonyl (C=O) groups is 2. The number of hydrazone groups is 1. The van der Waals surface area contributed by atoms with E-state index in [4.69, 9.17) is 4.74 Å². The van der Waals surface area contributed by atoms with Crippen molar-refractivity contribution in [1.82, 2.24) is 5.43 Å². The summed E-state index contributed by atoms with van der Waals surface area (Å²) in [5.41, 5.74) is 0.946. The van der Waals surface area contributed by atoms with E-state index < -0.39 is 35.3 Å². The molecule has 5 N–H and O–H groups in total. The third kappa shape index (κ3) is 2.88. The Hall–Kier alpha value is -3.43. The van der Waals surface area contributed by atoms with E-state index in [0.717, 1.165) is 0 Å². The van der Waals surface area contributed by atoms with Crippen LogP contribution in [-0.4, -0.2) is 64.1 Å². The highest BCUT2D eigenvalue weighted by atomic mass is 16.5. The normalized spacial score (nSPS) is 20.1. The molecule has 2 aromatic carbocycles. The number of nitrogens with one attached hydrogen (secondary N) is 1. The van der Waals surface area contributed by atoms with Crippen LogP contribution in [0, 0.1) is 0 Å². The molecule has 2 aliphatic carbocycles. The number of aliphatic hydroxyl groups excluding tert-OH is 1. The summed E-state index contributed by atoms with van der Waals surface area (Å²) in [6.07, 6.45) is -0.00107. The van der Waals surface area contributed by atoms with Crippen LogP contribution in [0.1, 0.15) is 49.4 Å². The Morgan fingerprint density at radius 3 is 2.45 bits per heavy atom. The molecule has 2 aliphatic rings. The molecule has 0 saturated carbocycles. The molecule has 0 unspecified atom stereocenters. The number of fused-ring (bicyclic) bond motifs is 3. The summed E-state index contributed by atoms with van der Waals surface area (Å²) in [7, 11) is 2.89. The van der Waals surface area contributed by atoms with Crippen molar-refractivity contribution in [2.24, 2.45) is 5.10 Å². The SMILES string of the molecule is CN/N=C(\CO)[C@@]1(O)CCc2c(O)c3c(c(O)c2C1)C(=O)c1cccc(OC)c1C3=O. The number of phenolic OH excluding ortho intramolecular Hbond substituents is 2. The minimum absolute atomic E-state index is 0.0354. The van der Waals surface area contributed by atoms with Gasteiger partial charge in [0.2, 0.25) is 5.78 Å². The van der Waals surface area contributed by atoms with Crippen molar-refractivity contribution in [3.05, 3.63) is 51.6 Å².